The van der Waals surface area contributed by atoms with Gasteiger partial charge < -0.3 is 45.6 Å². The van der Waals surface area contributed by atoms with Gasteiger partial charge >= 0.3 is 0 Å². The molecule has 4 saturated heterocycles. The van der Waals surface area contributed by atoms with Crippen molar-refractivity contribution in [3.8, 4) is 34.3 Å². The van der Waals surface area contributed by atoms with Crippen molar-refractivity contribution in [2.45, 2.75) is 76.0 Å². The van der Waals surface area contributed by atoms with Crippen molar-refractivity contribution in [2.75, 3.05) is 87.8 Å². The van der Waals surface area contributed by atoms with Crippen LogP contribution in [0.15, 0.2) is 73.6 Å². The molecule has 12 rings (SSSR count). The van der Waals surface area contributed by atoms with Gasteiger partial charge in [0.2, 0.25) is 23.7 Å². The molecule has 6 aromatic heterocycles. The lowest BCUT2D eigenvalue weighted by molar-refractivity contribution is -0.121. The summed E-state index contributed by atoms with van der Waals surface area (Å²) in [4.78, 5) is 62.1. The van der Waals surface area contributed by atoms with Gasteiger partial charge in [-0.2, -0.15) is 0 Å². The minimum atomic E-state index is -3.04. The number of ether oxygens (including phenoxy) is 2. The summed E-state index contributed by atoms with van der Waals surface area (Å²) in [6.45, 7) is 8.29. The average Bonchev–Trinajstić information content (AvgIpc) is 4.36. The fraction of sp³-hybridized carbons (Fsp3) is 0.429. The van der Waals surface area contributed by atoms with E-state index in [2.05, 4.69) is 73.1 Å². The van der Waals surface area contributed by atoms with Crippen LogP contribution in [0, 0.1) is 13.8 Å². The Balaban J connectivity index is 0.672. The number of carbonyl (C=O) groups excluding carboxylic acids is 2. The summed E-state index contributed by atoms with van der Waals surface area (Å²) in [7, 11) is 7.27. The molecule has 4 aliphatic heterocycles. The first-order valence-electron chi connectivity index (χ1n) is 27.2. The van der Waals surface area contributed by atoms with Gasteiger partial charge in [0.15, 0.2) is 0 Å². The molecule has 80 heavy (non-hydrogen) atoms. The summed E-state index contributed by atoms with van der Waals surface area (Å²) >= 11 is 0. The number of aromatic nitrogens is 10. The van der Waals surface area contributed by atoms with Crippen LogP contribution in [0.3, 0.4) is 0 Å². The van der Waals surface area contributed by atoms with Crippen LogP contribution in [0.5, 0.6) is 11.8 Å². The maximum Gasteiger partial charge on any atom is 0.262 e. The molecule has 418 valence electrons. The molecule has 4 fully saturated rings. The lowest BCUT2D eigenvalue weighted by Gasteiger charge is -2.29. The number of aryl methyl sites for hydroxylation is 4. The Morgan fingerprint density at radius 3 is 1.89 bits per heavy atom. The first-order chi connectivity index (χ1) is 38.6. The van der Waals surface area contributed by atoms with Crippen LogP contribution in [-0.2, 0) is 23.7 Å². The van der Waals surface area contributed by atoms with Crippen LogP contribution in [0.2, 0.25) is 0 Å². The first-order valence-corrected chi connectivity index (χ1v) is 27.2. The van der Waals surface area contributed by atoms with Gasteiger partial charge in [-0.15, -0.1) is 10.2 Å². The van der Waals surface area contributed by atoms with Crippen molar-refractivity contribution in [1.82, 2.24) is 69.1 Å². The molecular weight excluding hydrogens is 1030 g/mol. The molecule has 22 nitrogen and oxygen atoms in total. The average molecular weight is 1090 g/mol. The van der Waals surface area contributed by atoms with E-state index in [1.54, 1.807) is 59.2 Å². The van der Waals surface area contributed by atoms with Gasteiger partial charge in [0, 0.05) is 98.9 Å². The Bertz CT molecular complexity index is 3610. The number of carbonyl (C=O) groups is 2. The predicted octanol–water partition coefficient (Wildman–Crippen LogP) is 7.05. The number of H-pyrrole nitrogens is 2. The normalized spacial score (nSPS) is 20.8. The summed E-state index contributed by atoms with van der Waals surface area (Å²) < 4.78 is 45.7. The fourth-order valence-electron chi connectivity index (χ4n) is 12.2. The molecule has 0 radical (unpaired) electrons. The second kappa shape index (κ2) is 21.5. The van der Waals surface area contributed by atoms with Crippen LogP contribution < -0.4 is 30.7 Å². The maximum absolute atomic E-state index is 15.4. The molecular formula is C56H66F2N18O4. The highest BCUT2D eigenvalue weighted by Gasteiger charge is 2.51. The van der Waals surface area contributed by atoms with E-state index in [1.807, 2.05) is 56.6 Å². The van der Waals surface area contributed by atoms with Crippen LogP contribution >= 0.6 is 0 Å². The minimum absolute atomic E-state index is 0.0252. The van der Waals surface area contributed by atoms with Crippen LogP contribution in [0.4, 0.5) is 43.4 Å². The van der Waals surface area contributed by atoms with Gasteiger partial charge in [0.1, 0.15) is 18.0 Å². The summed E-state index contributed by atoms with van der Waals surface area (Å²) in [5.41, 5.74) is 8.60. The molecule has 0 spiro atoms. The first kappa shape index (κ1) is 52.6. The second-order valence-electron chi connectivity index (χ2n) is 21.7. The zero-order valence-electron chi connectivity index (χ0n) is 45.7. The number of anilines is 6. The molecule has 4 atom stereocenters. The van der Waals surface area contributed by atoms with Gasteiger partial charge in [-0.1, -0.05) is 24.3 Å². The standard InChI is InChI=1S/C56H66F2N18O4/c1-32-23-61-54(65-42-29-72(4)69-52(42)79-6)67-46(32)39-26-60-49-37(39)11-8-13-41(49)64-51(78)45-22-56(57,58)31-76(45)35-16-19-74(28-35)20-21-80-53-43(30-73(5)70-53)66-55-62-24-33(2)47(68-55)38-25-59-48-36(38)10-7-12-40(48)63-50(77)44-14-9-17-75(44)34-15-18-71(3)27-34/h7-8,10-13,23-26,29-30,34-35,44-45,59-60H,9,14-22,27-28,31H2,1-6H3,(H,63,77)(H,64,78)(H,61,65,67)(H,62,66,68)/t34-,35?,44+,45+/m0/s1. The molecule has 2 aromatic carbocycles. The van der Waals surface area contributed by atoms with Gasteiger partial charge in [-0.05, 0) is 89.5 Å². The third kappa shape index (κ3) is 10.5. The van der Waals surface area contributed by atoms with E-state index in [0.29, 0.717) is 84.0 Å². The maximum atomic E-state index is 15.4. The van der Waals surface area contributed by atoms with Crippen molar-refractivity contribution in [3.63, 3.8) is 0 Å². The van der Waals surface area contributed by atoms with E-state index < -0.39 is 30.8 Å². The van der Waals surface area contributed by atoms with Gasteiger partial charge in [0.05, 0.1) is 71.9 Å². The van der Waals surface area contributed by atoms with Crippen LogP contribution in [0.1, 0.15) is 43.2 Å². The molecule has 8 aromatic rings. The van der Waals surface area contributed by atoms with Gasteiger partial charge in [-0.25, -0.2) is 28.7 Å². The number of likely N-dealkylation sites (N-methyl/N-ethyl adjacent to an activating group) is 1. The molecule has 0 saturated carbocycles. The van der Waals surface area contributed by atoms with Crippen LogP contribution in [0.25, 0.3) is 44.3 Å². The Labute approximate surface area is 460 Å². The highest BCUT2D eigenvalue weighted by atomic mass is 19.3. The monoisotopic (exact) mass is 1090 g/mol. The van der Waals surface area contributed by atoms with E-state index in [0.717, 1.165) is 88.8 Å². The molecule has 0 bridgehead atoms. The number of alkyl halides is 2. The highest BCUT2D eigenvalue weighted by Crippen LogP contribution is 2.40. The number of fused-ring (bicyclic) bond motifs is 2. The second-order valence-corrected chi connectivity index (χ2v) is 21.7. The Kier molecular flexibility index (Phi) is 14.2. The van der Waals surface area contributed by atoms with Crippen molar-refractivity contribution in [1.29, 1.82) is 0 Å². The smallest absolute Gasteiger partial charge is 0.262 e. The molecule has 4 aliphatic rings. The molecule has 0 aliphatic carbocycles. The van der Waals surface area contributed by atoms with Crippen LogP contribution in [-0.4, -0.2) is 178 Å². The number of benzene rings is 2. The SMILES string of the molecule is COc1nn(C)cc1Nc1ncc(C)c(-c2c[nH]c3c(NC(=O)[C@H]4CC(F)(F)CN4C4CCN(CCOc5nn(C)cc5Nc5ncc(C)c(-c6c[nH]c7c(NC(=O)[C@H]8CCCN8[C@H]8CCN(C)C8)cccc67)n5)C4)cccc23)n1. The van der Waals surface area contributed by atoms with E-state index in [9.17, 15) is 9.59 Å². The van der Waals surface area contributed by atoms with Gasteiger partial charge in [0.25, 0.3) is 17.7 Å². The topological polar surface area (TPSA) is 232 Å². The summed E-state index contributed by atoms with van der Waals surface area (Å²) in [6, 6.07) is 10.4. The van der Waals surface area contributed by atoms with E-state index >= 15 is 8.78 Å². The third-order valence-corrected chi connectivity index (χ3v) is 16.1. The summed E-state index contributed by atoms with van der Waals surface area (Å²) in [5.74, 6) is -2.05. The molecule has 24 heteroatoms. The van der Waals surface area contributed by atoms with E-state index in [4.69, 9.17) is 19.4 Å². The number of aromatic amines is 2. The van der Waals surface area contributed by atoms with Crippen molar-refractivity contribution in [2.24, 2.45) is 14.1 Å². The molecule has 1 unspecified atom stereocenters. The largest absolute Gasteiger partial charge is 0.478 e. The van der Waals surface area contributed by atoms with E-state index in [1.165, 1.54) is 7.11 Å². The number of likely N-dealkylation sites (tertiary alicyclic amines) is 4. The quantitative estimate of drug-likeness (QED) is 0.0536. The predicted molar refractivity (Wildman–Crippen MR) is 301 cm³/mol. The zero-order chi connectivity index (χ0) is 55.4. The summed E-state index contributed by atoms with van der Waals surface area (Å²) in [5, 5.41) is 23.3. The fourth-order valence-corrected chi connectivity index (χ4v) is 12.2. The minimum Gasteiger partial charge on any atom is -0.478 e. The van der Waals surface area contributed by atoms with Crippen molar-refractivity contribution >= 4 is 68.3 Å². The Hall–Kier alpha value is -8.06. The lowest BCUT2D eigenvalue weighted by atomic mass is 10.1. The van der Waals surface area contributed by atoms with Crippen molar-refractivity contribution < 1.29 is 27.8 Å². The number of hydrogen-bond acceptors (Lipinski definition) is 16. The molecule has 2 amide bonds. The number of amides is 2. The molecule has 6 N–H and O–H groups in total. The van der Waals surface area contributed by atoms with E-state index in [-0.39, 0.29) is 24.6 Å². The third-order valence-electron chi connectivity index (χ3n) is 16.1. The number of para-hydroxylation sites is 2. The Morgan fingerprint density at radius 1 is 0.713 bits per heavy atom. The van der Waals surface area contributed by atoms with Crippen molar-refractivity contribution in [3.05, 3.63) is 84.7 Å². The summed E-state index contributed by atoms with van der Waals surface area (Å²) in [6.07, 6.45) is 13.8. The lowest BCUT2D eigenvalue weighted by Crippen LogP contribution is -2.47. The molecule has 10 heterocycles. The highest BCUT2D eigenvalue weighted by molar-refractivity contribution is 6.08. The zero-order valence-corrected chi connectivity index (χ0v) is 45.7. The number of rotatable bonds is 17. The number of hydrogen-bond donors (Lipinski definition) is 6. The Morgan fingerprint density at radius 2 is 1.29 bits per heavy atom. The number of halogens is 2. The number of methoxy groups -OCH3 is 1. The number of nitrogens with one attached hydrogen (secondary N) is 6. The number of nitrogens with zero attached hydrogens (tertiary/aromatic N) is 12. The van der Waals surface area contributed by atoms with Gasteiger partial charge in [-0.3, -0.25) is 33.7 Å².